The number of hydrogen-bond donors (Lipinski definition) is 2. The van der Waals surface area contributed by atoms with Crippen LogP contribution in [0.3, 0.4) is 0 Å². The van der Waals surface area contributed by atoms with Crippen molar-refractivity contribution in [2.24, 2.45) is 5.92 Å². The van der Waals surface area contributed by atoms with Crippen LogP contribution in [0.4, 0.5) is 4.39 Å². The molecule has 0 saturated carbocycles. The van der Waals surface area contributed by atoms with E-state index in [1.807, 2.05) is 24.3 Å². The van der Waals surface area contributed by atoms with Crippen LogP contribution < -0.4 is 20.1 Å². The van der Waals surface area contributed by atoms with E-state index in [4.69, 9.17) is 14.2 Å². The Kier molecular flexibility index (Phi) is 10.5. The van der Waals surface area contributed by atoms with Gasteiger partial charge in [0.25, 0.3) is 5.91 Å². The molecule has 1 amide bonds. The van der Waals surface area contributed by atoms with Crippen LogP contribution in [0.15, 0.2) is 72.8 Å². The summed E-state index contributed by atoms with van der Waals surface area (Å²) in [7, 11) is 1.65. The maximum Gasteiger partial charge on any atom is 0.251 e. The number of ether oxygens (including phenoxy) is 3. The van der Waals surface area contributed by atoms with Crippen LogP contribution >= 0.6 is 0 Å². The lowest BCUT2D eigenvalue weighted by molar-refractivity contribution is 0.0948. The van der Waals surface area contributed by atoms with Gasteiger partial charge in [0.1, 0.15) is 17.3 Å². The third-order valence-corrected chi connectivity index (χ3v) is 6.88. The van der Waals surface area contributed by atoms with E-state index in [9.17, 15) is 9.18 Å². The van der Waals surface area contributed by atoms with Gasteiger partial charge in [-0.05, 0) is 85.0 Å². The highest BCUT2D eigenvalue weighted by molar-refractivity contribution is 5.94. The zero-order valence-corrected chi connectivity index (χ0v) is 22.0. The van der Waals surface area contributed by atoms with E-state index in [2.05, 4.69) is 22.8 Å². The largest absolute Gasteiger partial charge is 0.493 e. The molecule has 1 aliphatic rings. The van der Waals surface area contributed by atoms with Gasteiger partial charge in [-0.1, -0.05) is 24.3 Å². The molecule has 6 nitrogen and oxygen atoms in total. The fourth-order valence-corrected chi connectivity index (χ4v) is 4.71. The number of carbonyl (C=O) groups is 1. The van der Waals surface area contributed by atoms with Crippen LogP contribution in [-0.2, 0) is 11.2 Å². The first-order valence-electron chi connectivity index (χ1n) is 13.3. The van der Waals surface area contributed by atoms with Crippen molar-refractivity contribution < 1.29 is 23.4 Å². The van der Waals surface area contributed by atoms with E-state index in [0.717, 1.165) is 49.4 Å². The second-order valence-corrected chi connectivity index (χ2v) is 9.59. The molecule has 0 radical (unpaired) electrons. The molecule has 1 fully saturated rings. The highest BCUT2D eigenvalue weighted by atomic mass is 19.1. The summed E-state index contributed by atoms with van der Waals surface area (Å²) in [6, 6.07) is 22.2. The van der Waals surface area contributed by atoms with Crippen molar-refractivity contribution in [1.82, 2.24) is 10.6 Å². The summed E-state index contributed by atoms with van der Waals surface area (Å²) in [4.78, 5) is 12.3. The van der Waals surface area contributed by atoms with Gasteiger partial charge in [-0.25, -0.2) is 4.39 Å². The monoisotopic (exact) mass is 520 g/mol. The van der Waals surface area contributed by atoms with Crippen LogP contribution in [0, 0.1) is 11.7 Å². The number of hydrogen-bond acceptors (Lipinski definition) is 5. The van der Waals surface area contributed by atoms with Gasteiger partial charge in [-0.2, -0.15) is 0 Å². The SMILES string of the molecule is COCCCNC(=O)c1ccc(OC[C@@H]2CNCC[C@H]2c2ccc(OCCc3ccc(F)cc3)cc2)cc1. The van der Waals surface area contributed by atoms with E-state index < -0.39 is 0 Å². The van der Waals surface area contributed by atoms with E-state index in [1.165, 1.54) is 17.7 Å². The molecule has 7 heteroatoms. The van der Waals surface area contributed by atoms with Crippen LogP contribution in [0.5, 0.6) is 11.5 Å². The predicted molar refractivity (Wildman–Crippen MR) is 147 cm³/mol. The summed E-state index contributed by atoms with van der Waals surface area (Å²) >= 11 is 0. The topological polar surface area (TPSA) is 68.8 Å². The lowest BCUT2D eigenvalue weighted by Crippen LogP contribution is -2.38. The molecule has 1 heterocycles. The van der Waals surface area contributed by atoms with Gasteiger partial charge in [-0.3, -0.25) is 4.79 Å². The van der Waals surface area contributed by atoms with Crippen LogP contribution in [0.1, 0.15) is 40.2 Å². The van der Waals surface area contributed by atoms with Gasteiger partial charge in [0.2, 0.25) is 0 Å². The number of piperidine rings is 1. The number of halogens is 1. The fraction of sp³-hybridized carbons (Fsp3) is 0.387. The van der Waals surface area contributed by atoms with Crippen LogP contribution in [0.2, 0.25) is 0 Å². The number of benzene rings is 3. The standard InChI is InChI=1S/C31H37FN2O4/c1-36-19-2-17-34-31(35)25-7-13-29(14-8-25)38-22-26-21-33-18-15-30(26)24-5-11-28(12-6-24)37-20-16-23-3-9-27(32)10-4-23/h3-14,26,30,33H,2,15-22H2,1H3,(H,34,35)/t26-,30-/m0/s1. The molecule has 3 aromatic carbocycles. The smallest absolute Gasteiger partial charge is 0.251 e. The van der Waals surface area contributed by atoms with Crippen molar-refractivity contribution in [3.63, 3.8) is 0 Å². The number of methoxy groups -OCH3 is 1. The summed E-state index contributed by atoms with van der Waals surface area (Å²) in [6.45, 7) is 4.22. The second kappa shape index (κ2) is 14.5. The van der Waals surface area contributed by atoms with E-state index in [0.29, 0.717) is 43.8 Å². The molecule has 0 aromatic heterocycles. The maximum atomic E-state index is 13.1. The molecular formula is C31H37FN2O4. The van der Waals surface area contributed by atoms with Crippen molar-refractivity contribution in [2.75, 3.05) is 46.6 Å². The quantitative estimate of drug-likeness (QED) is 0.311. The van der Waals surface area contributed by atoms with Gasteiger partial charge in [-0.15, -0.1) is 0 Å². The van der Waals surface area contributed by atoms with Crippen molar-refractivity contribution in [1.29, 1.82) is 0 Å². The van der Waals surface area contributed by atoms with E-state index in [1.54, 1.807) is 31.4 Å². The first-order chi connectivity index (χ1) is 18.6. The first kappa shape index (κ1) is 27.6. The van der Waals surface area contributed by atoms with Crippen molar-refractivity contribution in [3.8, 4) is 11.5 Å². The van der Waals surface area contributed by atoms with Gasteiger partial charge < -0.3 is 24.8 Å². The zero-order valence-electron chi connectivity index (χ0n) is 22.0. The zero-order chi connectivity index (χ0) is 26.6. The normalized spacial score (nSPS) is 17.1. The Morgan fingerprint density at radius 1 is 0.947 bits per heavy atom. The lowest BCUT2D eigenvalue weighted by Gasteiger charge is -2.32. The molecule has 0 unspecified atom stereocenters. The van der Waals surface area contributed by atoms with Gasteiger partial charge in [0.05, 0.1) is 13.2 Å². The third kappa shape index (κ3) is 8.30. The summed E-state index contributed by atoms with van der Waals surface area (Å²) in [5.74, 6) is 2.00. The molecule has 202 valence electrons. The Morgan fingerprint density at radius 3 is 2.39 bits per heavy atom. The minimum Gasteiger partial charge on any atom is -0.493 e. The number of amides is 1. The van der Waals surface area contributed by atoms with E-state index >= 15 is 0 Å². The predicted octanol–water partition coefficient (Wildman–Crippen LogP) is 4.99. The molecule has 38 heavy (non-hydrogen) atoms. The average molecular weight is 521 g/mol. The molecule has 2 atom stereocenters. The Balaban J connectivity index is 1.25. The molecule has 0 bridgehead atoms. The summed E-state index contributed by atoms with van der Waals surface area (Å²) in [5, 5.41) is 6.39. The van der Waals surface area contributed by atoms with Gasteiger partial charge >= 0.3 is 0 Å². The molecule has 0 aliphatic carbocycles. The Bertz CT molecular complexity index is 1120. The summed E-state index contributed by atoms with van der Waals surface area (Å²) in [6.07, 6.45) is 2.56. The van der Waals surface area contributed by atoms with Crippen molar-refractivity contribution in [3.05, 3.63) is 95.3 Å². The molecule has 1 aliphatic heterocycles. The molecule has 4 rings (SSSR count). The van der Waals surface area contributed by atoms with E-state index in [-0.39, 0.29) is 11.7 Å². The molecular weight excluding hydrogens is 483 g/mol. The van der Waals surface area contributed by atoms with Gasteiger partial charge in [0.15, 0.2) is 0 Å². The maximum absolute atomic E-state index is 13.1. The average Bonchev–Trinajstić information content (AvgIpc) is 2.96. The number of rotatable bonds is 13. The van der Waals surface area contributed by atoms with Crippen molar-refractivity contribution in [2.45, 2.75) is 25.2 Å². The molecule has 1 saturated heterocycles. The molecule has 0 spiro atoms. The minimum atomic E-state index is -0.223. The van der Waals surface area contributed by atoms with Crippen LogP contribution in [-0.4, -0.2) is 52.5 Å². The first-order valence-corrected chi connectivity index (χ1v) is 13.3. The van der Waals surface area contributed by atoms with Crippen LogP contribution in [0.25, 0.3) is 0 Å². The lowest BCUT2D eigenvalue weighted by atomic mass is 9.81. The fourth-order valence-electron chi connectivity index (χ4n) is 4.71. The van der Waals surface area contributed by atoms with Gasteiger partial charge in [0, 0.05) is 44.7 Å². The highest BCUT2D eigenvalue weighted by Gasteiger charge is 2.27. The Hall–Kier alpha value is -3.42. The highest BCUT2D eigenvalue weighted by Crippen LogP contribution is 2.32. The number of carbonyl (C=O) groups excluding carboxylic acids is 1. The number of nitrogens with one attached hydrogen (secondary N) is 2. The summed E-state index contributed by atoms with van der Waals surface area (Å²) < 4.78 is 30.1. The molecule has 3 aromatic rings. The van der Waals surface area contributed by atoms with Crippen molar-refractivity contribution >= 4 is 5.91 Å². The third-order valence-electron chi connectivity index (χ3n) is 6.88. The Labute approximate surface area is 224 Å². The second-order valence-electron chi connectivity index (χ2n) is 9.59. The summed E-state index contributed by atoms with van der Waals surface area (Å²) in [5.41, 5.74) is 2.95. The Morgan fingerprint density at radius 2 is 1.66 bits per heavy atom. The molecule has 2 N–H and O–H groups in total. The minimum absolute atomic E-state index is 0.0907.